The van der Waals surface area contributed by atoms with E-state index in [4.69, 9.17) is 37.7 Å². The number of benzene rings is 1. The maximum absolute atomic E-state index is 12.7. The van der Waals surface area contributed by atoms with Gasteiger partial charge in [-0.3, -0.25) is 13.9 Å². The van der Waals surface area contributed by atoms with Crippen LogP contribution in [0, 0.1) is 5.92 Å². The predicted octanol–water partition coefficient (Wildman–Crippen LogP) is 1.13. The Morgan fingerprint density at radius 1 is 1.09 bits per heavy atom. The first-order valence-corrected chi connectivity index (χ1v) is 18.0. The number of phenolic OH excluding ortho intramolecular Hbond substituents is 1. The van der Waals surface area contributed by atoms with E-state index in [0.29, 0.717) is 18.6 Å². The van der Waals surface area contributed by atoms with Gasteiger partial charge in [-0.2, -0.15) is 8.42 Å². The quantitative estimate of drug-likeness (QED) is 0.402. The number of carbonyl (C=O) groups excluding carboxylic acids is 1. The maximum Gasteiger partial charge on any atom is 0.333 e. The summed E-state index contributed by atoms with van der Waals surface area (Å²) in [5.74, 6) is -1.80. The van der Waals surface area contributed by atoms with Crippen molar-refractivity contribution >= 4 is 16.1 Å². The van der Waals surface area contributed by atoms with E-state index in [2.05, 4.69) is 4.90 Å². The summed E-state index contributed by atoms with van der Waals surface area (Å²) in [7, 11) is -4.14. The zero-order chi connectivity index (χ0) is 33.4. The summed E-state index contributed by atoms with van der Waals surface area (Å²) < 4.78 is 61.9. The number of carbonyl (C=O) groups is 1. The molecule has 5 heterocycles. The largest absolute Gasteiger partial charge is 0.504 e. The highest BCUT2D eigenvalue weighted by atomic mass is 32.2. The second kappa shape index (κ2) is 10.3. The average Bonchev–Trinajstić information content (AvgIpc) is 3.52. The number of ketones is 1. The molecule has 0 aromatic heterocycles. The predicted molar refractivity (Wildman–Crippen MR) is 161 cm³/mol. The fourth-order valence-corrected chi connectivity index (χ4v) is 9.70. The van der Waals surface area contributed by atoms with Crippen LogP contribution in [0.4, 0.5) is 0 Å². The molecule has 3 aliphatic carbocycles. The van der Waals surface area contributed by atoms with Crippen molar-refractivity contribution in [1.82, 2.24) is 4.90 Å². The first kappa shape index (κ1) is 32.3. The topological polar surface area (TPSA) is 186 Å². The molecule has 5 aliphatic heterocycles. The van der Waals surface area contributed by atoms with Crippen LogP contribution in [0.3, 0.4) is 0 Å². The Morgan fingerprint density at radius 2 is 1.85 bits per heavy atom. The Bertz CT molecular complexity index is 1600. The number of fused-ring (bicyclic) bond motifs is 3. The second-order valence-corrected chi connectivity index (χ2v) is 16.5. The van der Waals surface area contributed by atoms with Crippen LogP contribution in [-0.2, 0) is 54.8 Å². The van der Waals surface area contributed by atoms with Gasteiger partial charge in [0.1, 0.15) is 24.9 Å². The molecule has 8 aliphatic rings. The molecule has 47 heavy (non-hydrogen) atoms. The summed E-state index contributed by atoms with van der Waals surface area (Å²) in [4.78, 5) is 15.2. The van der Waals surface area contributed by atoms with Crippen molar-refractivity contribution in [2.45, 2.75) is 125 Å². The number of Topliss-reactive ketones (excluding diaryl/α,β-unsaturated/α-hetero) is 1. The molecule has 0 radical (unpaired) electrons. The van der Waals surface area contributed by atoms with Gasteiger partial charge < -0.3 is 38.6 Å². The smallest absolute Gasteiger partial charge is 0.333 e. The normalized spacial score (nSPS) is 42.1. The van der Waals surface area contributed by atoms with E-state index >= 15 is 0 Å². The molecule has 2 saturated carbocycles. The molecule has 4 saturated heterocycles. The number of hydrogen-bond donors (Lipinski definition) is 3. The van der Waals surface area contributed by atoms with Crippen LogP contribution in [0.5, 0.6) is 11.5 Å². The summed E-state index contributed by atoms with van der Waals surface area (Å²) in [5, 5.41) is 27.2. The van der Waals surface area contributed by atoms with Crippen LogP contribution in [0.25, 0.3) is 0 Å². The third-order valence-electron chi connectivity index (χ3n) is 11.3. The van der Waals surface area contributed by atoms with Crippen LogP contribution in [-0.4, -0.2) is 109 Å². The monoisotopic (exact) mass is 680 g/mol. The number of nitrogens with two attached hydrogens (primary N) is 1. The SMILES string of the molecule is CC1(C)O[C@@H]2[C@@H](CO[C@@]3(COS(N)(=O)=O)OC(C)(C)O[C@@H]23)O1.O=C1CC[C@@]2(O)[C@H]3Cc4ccc(O)c5c4[C@@]2(CCN3CC2CC2)[C@H]1O5. The number of rotatable bonds is 5. The summed E-state index contributed by atoms with van der Waals surface area (Å²) in [5.41, 5.74) is 0.454. The Labute approximate surface area is 273 Å². The molecule has 6 fully saturated rings. The number of piperidine rings is 1. The van der Waals surface area contributed by atoms with E-state index < -0.39 is 63.6 Å². The molecular formula is C32H44N2O12S. The Hall–Kier alpha value is -1.92. The fourth-order valence-electron chi connectivity index (χ4n) is 9.38. The van der Waals surface area contributed by atoms with E-state index in [1.165, 1.54) is 12.8 Å². The molecule has 0 unspecified atom stereocenters. The van der Waals surface area contributed by atoms with E-state index in [1.54, 1.807) is 33.8 Å². The van der Waals surface area contributed by atoms with Gasteiger partial charge >= 0.3 is 10.3 Å². The lowest BCUT2D eigenvalue weighted by molar-refractivity contribution is -0.290. The molecular weight excluding hydrogens is 636 g/mol. The first-order chi connectivity index (χ1) is 22.0. The highest BCUT2D eigenvalue weighted by Gasteiger charge is 2.73. The van der Waals surface area contributed by atoms with Gasteiger partial charge in [-0.15, -0.1) is 0 Å². The van der Waals surface area contributed by atoms with Crippen molar-refractivity contribution in [3.05, 3.63) is 23.3 Å². The molecule has 8 atom stereocenters. The molecule has 14 nitrogen and oxygen atoms in total. The molecule has 2 bridgehead atoms. The molecule has 1 aromatic rings. The van der Waals surface area contributed by atoms with Crippen LogP contribution >= 0.6 is 0 Å². The summed E-state index contributed by atoms with van der Waals surface area (Å²) in [6, 6.07) is 3.69. The van der Waals surface area contributed by atoms with Gasteiger partial charge in [0.15, 0.2) is 35.0 Å². The highest BCUT2D eigenvalue weighted by Crippen LogP contribution is 2.65. The minimum absolute atomic E-state index is 0.0454. The Kier molecular flexibility index (Phi) is 7.08. The number of likely N-dealkylation sites (tertiary alicyclic amines) is 1. The molecule has 1 aromatic carbocycles. The third kappa shape index (κ3) is 4.99. The Morgan fingerprint density at radius 3 is 2.57 bits per heavy atom. The van der Waals surface area contributed by atoms with Crippen molar-refractivity contribution in [3.8, 4) is 11.5 Å². The van der Waals surface area contributed by atoms with Crippen molar-refractivity contribution in [2.24, 2.45) is 11.1 Å². The van der Waals surface area contributed by atoms with Gasteiger partial charge in [0.25, 0.3) is 0 Å². The van der Waals surface area contributed by atoms with Crippen LogP contribution in [0.2, 0.25) is 0 Å². The van der Waals surface area contributed by atoms with Crippen molar-refractivity contribution < 1.29 is 56.0 Å². The average molecular weight is 681 g/mol. The first-order valence-electron chi connectivity index (χ1n) is 16.5. The summed E-state index contributed by atoms with van der Waals surface area (Å²) in [6.45, 7) is 8.66. The number of hydrogen-bond acceptors (Lipinski definition) is 13. The van der Waals surface area contributed by atoms with Crippen molar-refractivity contribution in [1.29, 1.82) is 0 Å². The lowest BCUT2D eigenvalue weighted by Crippen LogP contribution is -2.76. The standard InChI is InChI=1S/C20H23NO4.C12H21NO8S/c22-13-4-3-12-9-15-20(24)6-5-14(23)18-19(20,16(12)17(13)25-18)7-8-21(15)10-11-1-2-11;1-10(2)18-7-5-16-12(6-17-22(13,14)15)9(8(7)19-10)20-11(3,4)21-12/h3-4,11,15,18,22,24H,1-2,5-10H2;7-9H,5-6H2,1-4H3,(H2,13,14,15)/t15-,18+,19+,20-;7-,8-,9+,12+/m11/s1. The molecule has 1 spiro atoms. The fraction of sp³-hybridized carbons (Fsp3) is 0.781. The highest BCUT2D eigenvalue weighted by molar-refractivity contribution is 7.84. The van der Waals surface area contributed by atoms with E-state index in [-0.39, 0.29) is 30.3 Å². The number of phenols is 1. The number of aromatic hydroxyl groups is 1. The molecule has 15 heteroatoms. The lowest BCUT2D eigenvalue weighted by Gasteiger charge is -2.62. The van der Waals surface area contributed by atoms with Crippen LogP contribution in [0.15, 0.2) is 12.1 Å². The Balaban J connectivity index is 0.000000139. The maximum atomic E-state index is 12.7. The molecule has 4 N–H and O–H groups in total. The van der Waals surface area contributed by atoms with Crippen molar-refractivity contribution in [2.75, 3.05) is 26.3 Å². The molecule has 260 valence electrons. The lowest BCUT2D eigenvalue weighted by atomic mass is 9.49. The van der Waals surface area contributed by atoms with Gasteiger partial charge in [-0.1, -0.05) is 6.07 Å². The number of aliphatic hydroxyl groups is 1. The van der Waals surface area contributed by atoms with Gasteiger partial charge in [0.2, 0.25) is 5.79 Å². The third-order valence-corrected chi connectivity index (χ3v) is 11.7. The molecule has 9 rings (SSSR count). The van der Waals surface area contributed by atoms with Gasteiger partial charge in [-0.05, 0) is 83.9 Å². The van der Waals surface area contributed by atoms with Crippen molar-refractivity contribution in [3.63, 3.8) is 0 Å². The van der Waals surface area contributed by atoms with Gasteiger partial charge in [0, 0.05) is 24.6 Å². The minimum Gasteiger partial charge on any atom is -0.504 e. The van der Waals surface area contributed by atoms with E-state index in [9.17, 15) is 23.4 Å². The van der Waals surface area contributed by atoms with Crippen LogP contribution in [0.1, 0.15) is 70.9 Å². The van der Waals surface area contributed by atoms with Gasteiger partial charge in [-0.25, -0.2) is 5.14 Å². The van der Waals surface area contributed by atoms with E-state index in [1.807, 2.05) is 6.07 Å². The summed E-state index contributed by atoms with van der Waals surface area (Å²) in [6.07, 6.45) is 2.83. The number of ether oxygens (including phenoxy) is 6. The van der Waals surface area contributed by atoms with Crippen LogP contribution < -0.4 is 9.88 Å². The zero-order valence-corrected chi connectivity index (χ0v) is 27.9. The van der Waals surface area contributed by atoms with Gasteiger partial charge in [0.05, 0.1) is 17.6 Å². The zero-order valence-electron chi connectivity index (χ0n) is 27.1. The number of nitrogens with zero attached hydrogens (tertiary/aromatic N) is 1. The minimum atomic E-state index is -4.14. The molecule has 0 amide bonds. The van der Waals surface area contributed by atoms with E-state index in [0.717, 1.165) is 43.0 Å². The summed E-state index contributed by atoms with van der Waals surface area (Å²) >= 11 is 0. The second-order valence-electron chi connectivity index (χ2n) is 15.3.